The predicted molar refractivity (Wildman–Crippen MR) is 131 cm³/mol. The normalized spacial score (nSPS) is 16.0. The second-order valence-electron chi connectivity index (χ2n) is 8.36. The minimum absolute atomic E-state index is 0.474. The van der Waals surface area contributed by atoms with Crippen LogP contribution in [0.3, 0.4) is 0 Å². The first-order chi connectivity index (χ1) is 16.3. The van der Waals surface area contributed by atoms with E-state index in [1.165, 1.54) is 25.7 Å². The summed E-state index contributed by atoms with van der Waals surface area (Å²) in [5.74, 6) is 2.74. The maximum atomic E-state index is 5.92. The topological polar surface area (TPSA) is 78.8 Å². The van der Waals surface area contributed by atoms with Crippen molar-refractivity contribution in [2.75, 3.05) is 41.4 Å². The number of ether oxygens (including phenoxy) is 1. The fraction of sp³-hybridized carbons (Fsp3) is 0.360. The summed E-state index contributed by atoms with van der Waals surface area (Å²) in [6, 6.07) is 18.0. The molecule has 33 heavy (non-hydrogen) atoms. The lowest BCUT2D eigenvalue weighted by Crippen LogP contribution is -2.25. The van der Waals surface area contributed by atoms with Gasteiger partial charge in [-0.2, -0.15) is 20.1 Å². The average Bonchev–Trinajstić information content (AvgIpc) is 3.59. The maximum absolute atomic E-state index is 5.92. The van der Waals surface area contributed by atoms with Crippen LogP contribution in [0.25, 0.3) is 0 Å². The molecule has 3 aromatic rings. The first kappa shape index (κ1) is 21.2. The zero-order chi connectivity index (χ0) is 22.3. The number of aromatic nitrogens is 3. The van der Waals surface area contributed by atoms with Crippen LogP contribution in [0.1, 0.15) is 36.8 Å². The molecule has 0 atom stereocenters. The number of hydrazone groups is 1. The molecule has 2 fully saturated rings. The Hall–Kier alpha value is -3.68. The lowest BCUT2D eigenvalue weighted by Gasteiger charge is -2.20. The van der Waals surface area contributed by atoms with Gasteiger partial charge in [0.2, 0.25) is 17.8 Å². The minimum atomic E-state index is 0.474. The van der Waals surface area contributed by atoms with Crippen molar-refractivity contribution in [1.29, 1.82) is 0 Å². The summed E-state index contributed by atoms with van der Waals surface area (Å²) in [4.78, 5) is 18.4. The highest BCUT2D eigenvalue weighted by Crippen LogP contribution is 2.23. The number of nitrogens with zero attached hydrogens (tertiary/aromatic N) is 6. The molecule has 8 nitrogen and oxygen atoms in total. The Bertz CT molecular complexity index is 1040. The number of anilines is 3. The van der Waals surface area contributed by atoms with Gasteiger partial charge >= 0.3 is 0 Å². The fourth-order valence-corrected chi connectivity index (χ4v) is 4.11. The molecule has 0 bridgehead atoms. The van der Waals surface area contributed by atoms with Gasteiger partial charge in [0.15, 0.2) is 0 Å². The molecule has 1 aromatic heterocycles. The van der Waals surface area contributed by atoms with E-state index >= 15 is 0 Å². The summed E-state index contributed by atoms with van der Waals surface area (Å²) < 4.78 is 5.92. The Balaban J connectivity index is 1.26. The second-order valence-corrected chi connectivity index (χ2v) is 8.36. The van der Waals surface area contributed by atoms with Crippen molar-refractivity contribution in [3.63, 3.8) is 0 Å². The summed E-state index contributed by atoms with van der Waals surface area (Å²) in [5, 5.41) is 4.39. The molecule has 8 heteroatoms. The van der Waals surface area contributed by atoms with Gasteiger partial charge in [0.1, 0.15) is 12.4 Å². The number of benzene rings is 2. The van der Waals surface area contributed by atoms with Crippen molar-refractivity contribution in [3.8, 4) is 5.75 Å². The van der Waals surface area contributed by atoms with Crippen molar-refractivity contribution in [3.05, 3.63) is 65.7 Å². The lowest BCUT2D eigenvalue weighted by molar-refractivity contribution is 0.306. The summed E-state index contributed by atoms with van der Waals surface area (Å²) >= 11 is 0. The van der Waals surface area contributed by atoms with Crippen molar-refractivity contribution in [2.45, 2.75) is 32.3 Å². The van der Waals surface area contributed by atoms with Crippen LogP contribution in [0.2, 0.25) is 0 Å². The van der Waals surface area contributed by atoms with E-state index in [0.717, 1.165) is 55.0 Å². The Morgan fingerprint density at radius 3 is 2.15 bits per heavy atom. The van der Waals surface area contributed by atoms with Crippen LogP contribution in [-0.2, 0) is 6.61 Å². The van der Waals surface area contributed by atoms with E-state index in [1.807, 2.05) is 42.5 Å². The summed E-state index contributed by atoms with van der Waals surface area (Å²) in [6.07, 6.45) is 6.45. The number of nitrogens with one attached hydrogen (secondary N) is 1. The van der Waals surface area contributed by atoms with Gasteiger partial charge < -0.3 is 14.5 Å². The van der Waals surface area contributed by atoms with Gasteiger partial charge in [-0.25, -0.2) is 5.43 Å². The van der Waals surface area contributed by atoms with Crippen molar-refractivity contribution in [1.82, 2.24) is 15.0 Å². The van der Waals surface area contributed by atoms with Crippen molar-refractivity contribution < 1.29 is 4.74 Å². The van der Waals surface area contributed by atoms with Gasteiger partial charge in [0, 0.05) is 26.2 Å². The number of hydrogen-bond donors (Lipinski definition) is 1. The quantitative estimate of drug-likeness (QED) is 0.415. The average molecular weight is 444 g/mol. The van der Waals surface area contributed by atoms with E-state index < -0.39 is 0 Å². The molecule has 2 saturated heterocycles. The molecular formula is C25H29N7O. The molecule has 5 rings (SSSR count). The van der Waals surface area contributed by atoms with Crippen LogP contribution in [0, 0.1) is 0 Å². The second kappa shape index (κ2) is 10.3. The van der Waals surface area contributed by atoms with E-state index in [-0.39, 0.29) is 0 Å². The number of hydrogen-bond acceptors (Lipinski definition) is 8. The first-order valence-corrected chi connectivity index (χ1v) is 11.7. The van der Waals surface area contributed by atoms with E-state index in [2.05, 4.69) is 42.4 Å². The molecule has 170 valence electrons. The zero-order valence-corrected chi connectivity index (χ0v) is 18.7. The van der Waals surface area contributed by atoms with E-state index in [0.29, 0.717) is 12.6 Å². The van der Waals surface area contributed by atoms with Gasteiger partial charge in [-0.15, -0.1) is 0 Å². The molecule has 0 spiro atoms. The van der Waals surface area contributed by atoms with Crippen molar-refractivity contribution >= 4 is 24.1 Å². The molecule has 2 aromatic carbocycles. The Morgan fingerprint density at radius 2 is 1.48 bits per heavy atom. The monoisotopic (exact) mass is 443 g/mol. The summed E-state index contributed by atoms with van der Waals surface area (Å²) in [5.41, 5.74) is 5.08. The fourth-order valence-electron chi connectivity index (χ4n) is 4.11. The molecule has 0 aliphatic carbocycles. The molecule has 2 aliphatic heterocycles. The van der Waals surface area contributed by atoms with Crippen LogP contribution in [-0.4, -0.2) is 47.3 Å². The molecule has 0 amide bonds. The van der Waals surface area contributed by atoms with Gasteiger partial charge in [0.05, 0.1) is 6.21 Å². The molecular weight excluding hydrogens is 414 g/mol. The van der Waals surface area contributed by atoms with Crippen LogP contribution in [0.15, 0.2) is 59.7 Å². The molecule has 3 heterocycles. The van der Waals surface area contributed by atoms with Crippen LogP contribution in [0.4, 0.5) is 17.8 Å². The third-order valence-electron chi connectivity index (χ3n) is 5.87. The highest BCUT2D eigenvalue weighted by Gasteiger charge is 2.21. The van der Waals surface area contributed by atoms with E-state index in [4.69, 9.17) is 9.72 Å². The van der Waals surface area contributed by atoms with E-state index in [9.17, 15) is 0 Å². The SMILES string of the molecule is C(=N/Nc1nc(N2CCCC2)nc(N2CCCC2)n1)/c1cccc(OCc2ccccc2)c1. The van der Waals surface area contributed by atoms with Gasteiger partial charge in [-0.05, 0) is 48.9 Å². The highest BCUT2D eigenvalue weighted by molar-refractivity contribution is 5.80. The Labute approximate surface area is 194 Å². The van der Waals surface area contributed by atoms with Gasteiger partial charge in [-0.1, -0.05) is 42.5 Å². The molecule has 0 saturated carbocycles. The predicted octanol–water partition coefficient (Wildman–Crippen LogP) is 4.10. The smallest absolute Gasteiger partial charge is 0.250 e. The highest BCUT2D eigenvalue weighted by atomic mass is 16.5. The molecule has 1 N–H and O–H groups in total. The number of rotatable bonds is 8. The van der Waals surface area contributed by atoms with Crippen LogP contribution in [0.5, 0.6) is 5.75 Å². The standard InChI is InChI=1S/C25H29N7O/c1-2-9-20(10-3-1)19-33-22-12-8-11-21(17-22)18-26-30-23-27-24(31-13-4-5-14-31)29-25(28-23)32-15-6-7-16-32/h1-3,8-12,17-18H,4-7,13-16,19H2,(H,27,28,29,30)/b26-18-. The Kier molecular flexibility index (Phi) is 6.61. The first-order valence-electron chi connectivity index (χ1n) is 11.7. The van der Waals surface area contributed by atoms with Crippen LogP contribution >= 0.6 is 0 Å². The zero-order valence-electron chi connectivity index (χ0n) is 18.7. The van der Waals surface area contributed by atoms with Gasteiger partial charge in [-0.3, -0.25) is 0 Å². The third kappa shape index (κ3) is 5.58. The minimum Gasteiger partial charge on any atom is -0.489 e. The molecule has 2 aliphatic rings. The van der Waals surface area contributed by atoms with Crippen molar-refractivity contribution in [2.24, 2.45) is 5.10 Å². The summed E-state index contributed by atoms with van der Waals surface area (Å²) in [7, 11) is 0. The summed E-state index contributed by atoms with van der Waals surface area (Å²) in [6.45, 7) is 4.48. The lowest BCUT2D eigenvalue weighted by atomic mass is 10.2. The van der Waals surface area contributed by atoms with E-state index in [1.54, 1.807) is 6.21 Å². The maximum Gasteiger partial charge on any atom is 0.250 e. The third-order valence-corrected chi connectivity index (χ3v) is 5.87. The largest absolute Gasteiger partial charge is 0.489 e. The Morgan fingerprint density at radius 1 is 0.818 bits per heavy atom. The van der Waals surface area contributed by atoms with Crippen LogP contribution < -0.4 is 20.0 Å². The molecule has 0 unspecified atom stereocenters. The van der Waals surface area contributed by atoms with Gasteiger partial charge in [0.25, 0.3) is 0 Å². The molecule has 0 radical (unpaired) electrons.